The minimum absolute atomic E-state index is 0.00276. The van der Waals surface area contributed by atoms with Gasteiger partial charge in [-0.25, -0.2) is 9.18 Å². The van der Waals surface area contributed by atoms with Crippen molar-refractivity contribution < 1.29 is 19.0 Å². The Morgan fingerprint density at radius 2 is 1.95 bits per heavy atom. The zero-order chi connectivity index (χ0) is 14.4. The highest BCUT2D eigenvalue weighted by molar-refractivity contribution is 5.67. The molecule has 0 aliphatic heterocycles. The first-order valence-corrected chi connectivity index (χ1v) is 6.07. The summed E-state index contributed by atoms with van der Waals surface area (Å²) in [7, 11) is 0. The second kappa shape index (κ2) is 6.56. The smallest absolute Gasteiger partial charge is 0.407 e. The Kier molecular flexibility index (Phi) is 4.55. The first kappa shape index (κ1) is 13.9. The number of nitrogens with one attached hydrogen (secondary N) is 1. The molecule has 2 aromatic rings. The van der Waals surface area contributed by atoms with Crippen LogP contribution < -0.4 is 5.32 Å². The Labute approximate surface area is 115 Å². The third-order valence-electron chi connectivity index (χ3n) is 2.68. The van der Waals surface area contributed by atoms with E-state index in [1.807, 2.05) is 30.3 Å². The van der Waals surface area contributed by atoms with E-state index in [0.29, 0.717) is 5.56 Å². The number of amides is 1. The number of phenols is 1. The number of hydrogen-bond acceptors (Lipinski definition) is 3. The maximum Gasteiger partial charge on any atom is 0.407 e. The Hall–Kier alpha value is -2.56. The van der Waals surface area contributed by atoms with Gasteiger partial charge in [0.1, 0.15) is 18.2 Å². The summed E-state index contributed by atoms with van der Waals surface area (Å²) in [5, 5.41) is 11.9. The van der Waals surface area contributed by atoms with E-state index in [0.717, 1.165) is 17.7 Å². The zero-order valence-corrected chi connectivity index (χ0v) is 10.7. The monoisotopic (exact) mass is 275 g/mol. The summed E-state index contributed by atoms with van der Waals surface area (Å²) in [4.78, 5) is 11.5. The number of aromatic hydroxyl groups is 1. The molecule has 2 aromatic carbocycles. The third-order valence-corrected chi connectivity index (χ3v) is 2.68. The van der Waals surface area contributed by atoms with E-state index in [1.165, 1.54) is 6.07 Å². The molecule has 0 saturated heterocycles. The lowest BCUT2D eigenvalue weighted by Gasteiger charge is -2.08. The molecular formula is C15H14FNO3. The van der Waals surface area contributed by atoms with Crippen LogP contribution in [0.15, 0.2) is 48.5 Å². The number of alkyl carbamates (subject to hydrolysis) is 1. The zero-order valence-electron chi connectivity index (χ0n) is 10.7. The van der Waals surface area contributed by atoms with Crippen LogP contribution in [-0.2, 0) is 17.9 Å². The van der Waals surface area contributed by atoms with Crippen LogP contribution in [0.25, 0.3) is 0 Å². The standard InChI is InChI=1S/C15H14FNO3/c16-13-6-7-14(18)12(8-13)9-17-15(19)20-10-11-4-2-1-3-5-11/h1-8,18H,9-10H2,(H,17,19). The molecular weight excluding hydrogens is 261 g/mol. The molecule has 20 heavy (non-hydrogen) atoms. The van der Waals surface area contributed by atoms with E-state index in [4.69, 9.17) is 4.74 Å². The molecule has 104 valence electrons. The van der Waals surface area contributed by atoms with Gasteiger partial charge in [0.2, 0.25) is 0 Å². The molecule has 0 radical (unpaired) electrons. The van der Waals surface area contributed by atoms with E-state index in [1.54, 1.807) is 0 Å². The van der Waals surface area contributed by atoms with Gasteiger partial charge in [0, 0.05) is 12.1 Å². The summed E-state index contributed by atoms with van der Waals surface area (Å²) in [5.74, 6) is -0.549. The van der Waals surface area contributed by atoms with Crippen LogP contribution in [0, 0.1) is 5.82 Å². The van der Waals surface area contributed by atoms with Gasteiger partial charge in [0.25, 0.3) is 0 Å². The van der Waals surface area contributed by atoms with Crippen LogP contribution in [0.4, 0.5) is 9.18 Å². The number of ether oxygens (including phenoxy) is 1. The molecule has 0 heterocycles. The minimum Gasteiger partial charge on any atom is -0.508 e. The highest BCUT2D eigenvalue weighted by atomic mass is 19.1. The minimum atomic E-state index is -0.627. The molecule has 5 heteroatoms. The summed E-state index contributed by atoms with van der Waals surface area (Å²) < 4.78 is 18.0. The van der Waals surface area contributed by atoms with E-state index >= 15 is 0 Å². The van der Waals surface area contributed by atoms with Crippen LogP contribution >= 0.6 is 0 Å². The first-order valence-electron chi connectivity index (χ1n) is 6.07. The van der Waals surface area contributed by atoms with E-state index in [2.05, 4.69) is 5.32 Å². The normalized spacial score (nSPS) is 10.1. The Morgan fingerprint density at radius 3 is 2.70 bits per heavy atom. The van der Waals surface area contributed by atoms with Gasteiger partial charge in [0.05, 0.1) is 0 Å². The van der Waals surface area contributed by atoms with Crippen LogP contribution in [0.5, 0.6) is 5.75 Å². The Morgan fingerprint density at radius 1 is 1.20 bits per heavy atom. The van der Waals surface area contributed by atoms with E-state index < -0.39 is 11.9 Å². The summed E-state index contributed by atoms with van der Waals surface area (Å²) in [6.45, 7) is 0.152. The fourth-order valence-electron chi connectivity index (χ4n) is 1.64. The second-order valence-electron chi connectivity index (χ2n) is 4.19. The molecule has 2 N–H and O–H groups in total. The van der Waals surface area contributed by atoms with Gasteiger partial charge in [-0.1, -0.05) is 30.3 Å². The predicted octanol–water partition coefficient (Wildman–Crippen LogP) is 2.96. The molecule has 1 amide bonds. The van der Waals surface area contributed by atoms with Crippen molar-refractivity contribution in [3.63, 3.8) is 0 Å². The molecule has 0 atom stereocenters. The molecule has 0 saturated carbocycles. The summed E-state index contributed by atoms with van der Waals surface area (Å²) in [6.07, 6.45) is -0.627. The number of carbonyl (C=O) groups excluding carboxylic acids is 1. The van der Waals surface area contributed by atoms with Crippen molar-refractivity contribution in [2.24, 2.45) is 0 Å². The van der Waals surface area contributed by atoms with Crippen molar-refractivity contribution in [2.45, 2.75) is 13.2 Å². The van der Waals surface area contributed by atoms with Crippen molar-refractivity contribution in [3.05, 3.63) is 65.5 Å². The maximum absolute atomic E-state index is 13.0. The van der Waals surface area contributed by atoms with Gasteiger partial charge in [-0.15, -0.1) is 0 Å². The van der Waals surface area contributed by atoms with Crippen molar-refractivity contribution >= 4 is 6.09 Å². The molecule has 2 rings (SSSR count). The molecule has 0 aliphatic carbocycles. The van der Waals surface area contributed by atoms with E-state index in [-0.39, 0.29) is 18.9 Å². The Balaban J connectivity index is 1.82. The summed E-state index contributed by atoms with van der Waals surface area (Å²) in [5.41, 5.74) is 1.16. The Bertz CT molecular complexity index is 587. The summed E-state index contributed by atoms with van der Waals surface area (Å²) in [6, 6.07) is 12.8. The number of carbonyl (C=O) groups is 1. The number of benzene rings is 2. The fraction of sp³-hybridized carbons (Fsp3) is 0.133. The molecule has 0 bridgehead atoms. The van der Waals surface area contributed by atoms with Gasteiger partial charge < -0.3 is 15.2 Å². The molecule has 0 fully saturated rings. The highest BCUT2D eigenvalue weighted by Gasteiger charge is 2.06. The number of hydrogen-bond donors (Lipinski definition) is 2. The maximum atomic E-state index is 13.0. The van der Waals surface area contributed by atoms with Gasteiger partial charge in [0.15, 0.2) is 0 Å². The second-order valence-corrected chi connectivity index (χ2v) is 4.19. The molecule has 4 nitrogen and oxygen atoms in total. The fourth-order valence-corrected chi connectivity index (χ4v) is 1.64. The molecule has 0 unspecified atom stereocenters. The van der Waals surface area contributed by atoms with E-state index in [9.17, 15) is 14.3 Å². The number of halogens is 1. The quantitative estimate of drug-likeness (QED) is 0.902. The predicted molar refractivity (Wildman–Crippen MR) is 71.5 cm³/mol. The highest BCUT2D eigenvalue weighted by Crippen LogP contribution is 2.17. The topological polar surface area (TPSA) is 58.6 Å². The van der Waals surface area contributed by atoms with Gasteiger partial charge in [-0.05, 0) is 23.8 Å². The van der Waals surface area contributed by atoms with Crippen molar-refractivity contribution in [3.8, 4) is 5.75 Å². The van der Waals surface area contributed by atoms with Crippen molar-refractivity contribution in [2.75, 3.05) is 0 Å². The van der Waals surface area contributed by atoms with Crippen molar-refractivity contribution in [1.82, 2.24) is 5.32 Å². The van der Waals surface area contributed by atoms with Gasteiger partial charge in [-0.3, -0.25) is 0 Å². The van der Waals surface area contributed by atoms with Crippen molar-refractivity contribution in [1.29, 1.82) is 0 Å². The average molecular weight is 275 g/mol. The lowest BCUT2D eigenvalue weighted by atomic mass is 10.2. The van der Waals surface area contributed by atoms with Crippen LogP contribution in [0.3, 0.4) is 0 Å². The first-order chi connectivity index (χ1) is 9.65. The summed E-state index contributed by atoms with van der Waals surface area (Å²) >= 11 is 0. The van der Waals surface area contributed by atoms with Gasteiger partial charge in [-0.2, -0.15) is 0 Å². The van der Waals surface area contributed by atoms with Crippen LogP contribution in [0.2, 0.25) is 0 Å². The largest absolute Gasteiger partial charge is 0.508 e. The molecule has 0 aromatic heterocycles. The third kappa shape index (κ3) is 3.98. The number of phenolic OH excluding ortho intramolecular Hbond substituents is 1. The molecule has 0 aliphatic rings. The average Bonchev–Trinajstić information content (AvgIpc) is 2.47. The van der Waals surface area contributed by atoms with Gasteiger partial charge >= 0.3 is 6.09 Å². The SMILES string of the molecule is O=C(NCc1cc(F)ccc1O)OCc1ccccc1. The molecule has 0 spiro atoms. The number of rotatable bonds is 4. The van der Waals surface area contributed by atoms with Crippen LogP contribution in [-0.4, -0.2) is 11.2 Å². The van der Waals surface area contributed by atoms with Crippen LogP contribution in [0.1, 0.15) is 11.1 Å². The lowest BCUT2D eigenvalue weighted by molar-refractivity contribution is 0.139. The lowest BCUT2D eigenvalue weighted by Crippen LogP contribution is -2.23.